The van der Waals surface area contributed by atoms with Crippen LogP contribution in [0.25, 0.3) is 22.0 Å². The molecule has 4 nitrogen and oxygen atoms in total. The maximum absolute atomic E-state index is 12.4. The molecular weight excluding hydrogens is 336 g/mol. The van der Waals surface area contributed by atoms with Crippen LogP contribution in [0, 0.1) is 0 Å². The van der Waals surface area contributed by atoms with Gasteiger partial charge in [-0.1, -0.05) is 44.2 Å². The summed E-state index contributed by atoms with van der Waals surface area (Å²) in [6.45, 7) is 7.36. The number of hydrogen-bond acceptors (Lipinski definition) is 3. The molecule has 0 spiro atoms. The second-order valence-electron chi connectivity index (χ2n) is 7.06. The summed E-state index contributed by atoms with van der Waals surface area (Å²) in [5.74, 6) is -0.253. The fourth-order valence-corrected chi connectivity index (χ4v) is 4.01. The number of benzene rings is 2. The molecule has 0 amide bonds. The summed E-state index contributed by atoms with van der Waals surface area (Å²) in [7, 11) is 0. The highest BCUT2D eigenvalue weighted by Gasteiger charge is 2.21. The van der Waals surface area contributed by atoms with Crippen LogP contribution < -0.4 is 0 Å². The molecule has 140 valence electrons. The van der Waals surface area contributed by atoms with E-state index in [1.165, 1.54) is 27.8 Å². The number of aromatic amines is 1. The number of fused-ring (bicyclic) bond motifs is 5. The van der Waals surface area contributed by atoms with Crippen LogP contribution in [-0.4, -0.2) is 42.1 Å². The van der Waals surface area contributed by atoms with E-state index in [4.69, 9.17) is 4.74 Å². The summed E-state index contributed by atoms with van der Waals surface area (Å²) >= 11 is 0. The van der Waals surface area contributed by atoms with Crippen LogP contribution in [0.15, 0.2) is 42.5 Å². The van der Waals surface area contributed by atoms with Gasteiger partial charge >= 0.3 is 5.97 Å². The summed E-state index contributed by atoms with van der Waals surface area (Å²) in [5.41, 5.74) is 6.86. The topological polar surface area (TPSA) is 45.3 Å². The van der Waals surface area contributed by atoms with Crippen LogP contribution in [0.1, 0.15) is 35.5 Å². The Balaban J connectivity index is 1.57. The standard InChI is InChI=1S/C23H26N2O2/c1-3-25(4-2)13-14-27-23(26)17-9-11-19-21(15-17)24-20-12-10-16-7-5-6-8-18(16)22(19)20/h5-9,11,15,24H,3-4,10,12-14H2,1-2H3. The molecule has 1 aliphatic rings. The molecule has 0 radical (unpaired) electrons. The normalized spacial score (nSPS) is 12.9. The molecule has 1 aliphatic carbocycles. The molecule has 0 unspecified atom stereocenters. The molecule has 1 aromatic heterocycles. The first-order valence-corrected chi connectivity index (χ1v) is 9.83. The van der Waals surface area contributed by atoms with Crippen molar-refractivity contribution in [3.05, 3.63) is 59.3 Å². The van der Waals surface area contributed by atoms with E-state index in [0.717, 1.165) is 38.0 Å². The van der Waals surface area contributed by atoms with Gasteiger partial charge in [0.05, 0.1) is 5.56 Å². The summed E-state index contributed by atoms with van der Waals surface area (Å²) in [6.07, 6.45) is 2.06. The summed E-state index contributed by atoms with van der Waals surface area (Å²) in [4.78, 5) is 18.2. The van der Waals surface area contributed by atoms with Crippen molar-refractivity contribution in [2.75, 3.05) is 26.2 Å². The summed E-state index contributed by atoms with van der Waals surface area (Å²) in [6, 6.07) is 14.4. The predicted octanol–water partition coefficient (Wildman–Crippen LogP) is 4.43. The maximum Gasteiger partial charge on any atom is 0.338 e. The molecule has 0 fully saturated rings. The number of aromatic nitrogens is 1. The van der Waals surface area contributed by atoms with Crippen molar-refractivity contribution in [2.45, 2.75) is 26.7 Å². The van der Waals surface area contributed by atoms with E-state index in [0.29, 0.717) is 12.2 Å². The van der Waals surface area contributed by atoms with Crippen LogP contribution >= 0.6 is 0 Å². The van der Waals surface area contributed by atoms with Gasteiger partial charge in [-0.15, -0.1) is 0 Å². The van der Waals surface area contributed by atoms with Gasteiger partial charge in [-0.25, -0.2) is 4.79 Å². The molecule has 0 aliphatic heterocycles. The molecule has 4 rings (SSSR count). The fourth-order valence-electron chi connectivity index (χ4n) is 4.01. The number of hydrogen-bond donors (Lipinski definition) is 1. The maximum atomic E-state index is 12.4. The van der Waals surface area contributed by atoms with Crippen molar-refractivity contribution in [3.63, 3.8) is 0 Å². The third-order valence-corrected chi connectivity index (χ3v) is 5.58. The van der Waals surface area contributed by atoms with Crippen LogP contribution in [0.5, 0.6) is 0 Å². The fraction of sp³-hybridized carbons (Fsp3) is 0.348. The van der Waals surface area contributed by atoms with Crippen molar-refractivity contribution in [1.82, 2.24) is 9.88 Å². The van der Waals surface area contributed by atoms with Crippen molar-refractivity contribution in [3.8, 4) is 11.1 Å². The van der Waals surface area contributed by atoms with Crippen molar-refractivity contribution in [1.29, 1.82) is 0 Å². The minimum absolute atomic E-state index is 0.253. The number of nitrogens with one attached hydrogen (secondary N) is 1. The zero-order chi connectivity index (χ0) is 18.8. The number of carbonyl (C=O) groups is 1. The van der Waals surface area contributed by atoms with Gasteiger partial charge < -0.3 is 14.6 Å². The first kappa shape index (κ1) is 17.8. The second-order valence-corrected chi connectivity index (χ2v) is 7.06. The molecule has 3 aromatic rings. The number of ether oxygens (including phenoxy) is 1. The van der Waals surface area contributed by atoms with Gasteiger partial charge in [0.25, 0.3) is 0 Å². The molecule has 1 heterocycles. The van der Waals surface area contributed by atoms with Gasteiger partial charge in [0.15, 0.2) is 0 Å². The smallest absolute Gasteiger partial charge is 0.338 e. The number of H-pyrrole nitrogens is 1. The largest absolute Gasteiger partial charge is 0.461 e. The van der Waals surface area contributed by atoms with Gasteiger partial charge in [-0.05, 0) is 49.2 Å². The van der Waals surface area contributed by atoms with Gasteiger partial charge in [0, 0.05) is 28.7 Å². The van der Waals surface area contributed by atoms with Crippen molar-refractivity contribution >= 4 is 16.9 Å². The van der Waals surface area contributed by atoms with E-state index in [-0.39, 0.29) is 5.97 Å². The highest BCUT2D eigenvalue weighted by atomic mass is 16.5. The Bertz CT molecular complexity index is 970. The Morgan fingerprint density at radius 2 is 1.93 bits per heavy atom. The van der Waals surface area contributed by atoms with Crippen molar-refractivity contribution < 1.29 is 9.53 Å². The van der Waals surface area contributed by atoms with E-state index >= 15 is 0 Å². The molecule has 4 heteroatoms. The lowest BCUT2D eigenvalue weighted by molar-refractivity contribution is 0.0466. The minimum Gasteiger partial charge on any atom is -0.461 e. The third kappa shape index (κ3) is 3.37. The van der Waals surface area contributed by atoms with E-state index in [2.05, 4.69) is 48.0 Å². The predicted molar refractivity (Wildman–Crippen MR) is 109 cm³/mol. The summed E-state index contributed by atoms with van der Waals surface area (Å²) in [5, 5.41) is 1.18. The number of nitrogens with zero attached hydrogens (tertiary/aromatic N) is 1. The highest BCUT2D eigenvalue weighted by Crippen LogP contribution is 2.39. The lowest BCUT2D eigenvalue weighted by atomic mass is 9.88. The van der Waals surface area contributed by atoms with E-state index in [9.17, 15) is 4.79 Å². The van der Waals surface area contributed by atoms with Crippen LogP contribution in [0.2, 0.25) is 0 Å². The lowest BCUT2D eigenvalue weighted by Gasteiger charge is -2.17. The Morgan fingerprint density at radius 3 is 2.74 bits per heavy atom. The Kier molecular flexibility index (Phi) is 4.99. The van der Waals surface area contributed by atoms with Crippen LogP contribution in [-0.2, 0) is 17.6 Å². The molecule has 27 heavy (non-hydrogen) atoms. The molecule has 0 saturated carbocycles. The van der Waals surface area contributed by atoms with Gasteiger partial charge in [0.2, 0.25) is 0 Å². The van der Waals surface area contributed by atoms with Crippen molar-refractivity contribution in [2.24, 2.45) is 0 Å². The van der Waals surface area contributed by atoms with Gasteiger partial charge in [0.1, 0.15) is 6.61 Å². The molecule has 1 N–H and O–H groups in total. The number of esters is 1. The Hall–Kier alpha value is -2.59. The average Bonchev–Trinajstić information content (AvgIpc) is 3.09. The van der Waals surface area contributed by atoms with Gasteiger partial charge in [-0.3, -0.25) is 0 Å². The third-order valence-electron chi connectivity index (χ3n) is 5.58. The van der Waals surface area contributed by atoms with E-state index in [1.54, 1.807) is 0 Å². The zero-order valence-corrected chi connectivity index (χ0v) is 16.0. The number of carbonyl (C=O) groups excluding carboxylic acids is 1. The second kappa shape index (κ2) is 7.57. The van der Waals surface area contributed by atoms with Crippen LogP contribution in [0.4, 0.5) is 0 Å². The number of aryl methyl sites for hydroxylation is 2. The monoisotopic (exact) mass is 362 g/mol. The lowest BCUT2D eigenvalue weighted by Crippen LogP contribution is -2.27. The Morgan fingerprint density at radius 1 is 1.11 bits per heavy atom. The quantitative estimate of drug-likeness (QED) is 0.660. The molecule has 2 aromatic carbocycles. The Labute approximate surface area is 160 Å². The SMILES string of the molecule is CCN(CC)CCOC(=O)c1ccc2c3c([nH]c2c1)CCc1ccccc1-3. The van der Waals surface area contributed by atoms with E-state index < -0.39 is 0 Å². The van der Waals surface area contributed by atoms with E-state index in [1.807, 2.05) is 18.2 Å². The van der Waals surface area contributed by atoms with Crippen LogP contribution in [0.3, 0.4) is 0 Å². The first-order chi connectivity index (χ1) is 13.2. The first-order valence-electron chi connectivity index (χ1n) is 9.83. The summed E-state index contributed by atoms with van der Waals surface area (Å²) < 4.78 is 5.47. The molecule has 0 atom stereocenters. The molecule has 0 bridgehead atoms. The number of likely N-dealkylation sites (N-methyl/N-ethyl adjacent to an activating group) is 1. The van der Waals surface area contributed by atoms with Gasteiger partial charge in [-0.2, -0.15) is 0 Å². The highest BCUT2D eigenvalue weighted by molar-refractivity contribution is 6.02. The molecular formula is C23H26N2O2. The number of rotatable bonds is 6. The zero-order valence-electron chi connectivity index (χ0n) is 16.0. The average molecular weight is 362 g/mol. The minimum atomic E-state index is -0.253. The molecule has 0 saturated heterocycles.